The molecule has 27 heavy (non-hydrogen) atoms. The number of methoxy groups -OCH3 is 2. The van der Waals surface area contributed by atoms with Crippen molar-refractivity contribution in [3.8, 4) is 28.8 Å². The quantitative estimate of drug-likeness (QED) is 0.300. The second kappa shape index (κ2) is 7.87. The van der Waals surface area contributed by atoms with Crippen LogP contribution in [0.15, 0.2) is 40.0 Å². The molecule has 1 aromatic carbocycles. The molecule has 0 aliphatic heterocycles. The first-order valence-corrected chi connectivity index (χ1v) is 8.14. The Morgan fingerprint density at radius 3 is 2.59 bits per heavy atom. The lowest BCUT2D eigenvalue weighted by atomic mass is 10.2. The number of aromatic amines is 1. The van der Waals surface area contributed by atoms with Gasteiger partial charge in [0.1, 0.15) is 0 Å². The molecule has 3 aromatic rings. The predicted octanol–water partition coefficient (Wildman–Crippen LogP) is 3.03. The van der Waals surface area contributed by atoms with Crippen LogP contribution in [-0.2, 0) is 4.79 Å². The fraction of sp³-hybridized carbons (Fsp3) is 0.176. The average molecular weight is 388 g/mol. The first-order valence-electron chi connectivity index (χ1n) is 7.73. The standard InChI is InChI=1S/C17H16N4O5S/c1-10(22)26-15-13(23-2)7-11(8-14(15)24-3)9-18-21-16(19-20-17(21)27)12-5-4-6-25-12/h4-9H,1-3H3,(H,20,27)/b18-9-. The highest BCUT2D eigenvalue weighted by Crippen LogP contribution is 2.38. The number of H-pyrrole nitrogens is 1. The highest BCUT2D eigenvalue weighted by atomic mass is 32.1. The molecule has 1 N–H and O–H groups in total. The summed E-state index contributed by atoms with van der Waals surface area (Å²) in [7, 11) is 2.92. The first-order chi connectivity index (χ1) is 13.0. The molecule has 0 aliphatic rings. The van der Waals surface area contributed by atoms with Crippen molar-refractivity contribution in [3.63, 3.8) is 0 Å². The van der Waals surface area contributed by atoms with E-state index in [0.29, 0.717) is 33.4 Å². The number of hydrogen-bond donors (Lipinski definition) is 1. The maximum Gasteiger partial charge on any atom is 0.308 e. The van der Waals surface area contributed by atoms with Crippen LogP contribution < -0.4 is 14.2 Å². The minimum atomic E-state index is -0.485. The van der Waals surface area contributed by atoms with E-state index in [1.165, 1.54) is 32.1 Å². The number of furan rings is 1. The van der Waals surface area contributed by atoms with Crippen molar-refractivity contribution in [2.75, 3.05) is 14.2 Å². The van der Waals surface area contributed by atoms with Gasteiger partial charge in [0.25, 0.3) is 0 Å². The van der Waals surface area contributed by atoms with Crippen LogP contribution in [0.2, 0.25) is 0 Å². The van der Waals surface area contributed by atoms with E-state index < -0.39 is 5.97 Å². The van der Waals surface area contributed by atoms with Crippen LogP contribution in [0.1, 0.15) is 12.5 Å². The monoisotopic (exact) mass is 388 g/mol. The maximum absolute atomic E-state index is 11.3. The zero-order chi connectivity index (χ0) is 19.4. The zero-order valence-electron chi connectivity index (χ0n) is 14.8. The molecule has 0 saturated heterocycles. The molecule has 0 spiro atoms. The van der Waals surface area contributed by atoms with Crippen LogP contribution in [-0.4, -0.2) is 41.3 Å². The molecule has 3 rings (SSSR count). The van der Waals surface area contributed by atoms with Crippen molar-refractivity contribution in [2.45, 2.75) is 6.92 Å². The second-order valence-corrected chi connectivity index (χ2v) is 5.62. The second-order valence-electron chi connectivity index (χ2n) is 5.23. The molecule has 0 saturated carbocycles. The van der Waals surface area contributed by atoms with Gasteiger partial charge in [0.15, 0.2) is 17.3 Å². The molecule has 140 valence electrons. The predicted molar refractivity (Wildman–Crippen MR) is 99.0 cm³/mol. The molecule has 9 nitrogen and oxygen atoms in total. The average Bonchev–Trinajstić information content (AvgIpc) is 3.29. The third-order valence-electron chi connectivity index (χ3n) is 3.44. The molecule has 0 atom stereocenters. The van der Waals surface area contributed by atoms with Gasteiger partial charge in [0, 0.05) is 12.5 Å². The normalized spacial score (nSPS) is 10.9. The van der Waals surface area contributed by atoms with E-state index in [0.717, 1.165) is 0 Å². The van der Waals surface area contributed by atoms with Gasteiger partial charge in [-0.2, -0.15) is 9.78 Å². The van der Waals surface area contributed by atoms with Gasteiger partial charge in [-0.3, -0.25) is 4.79 Å². The largest absolute Gasteiger partial charge is 0.493 e. The number of carbonyl (C=O) groups excluding carboxylic acids is 1. The van der Waals surface area contributed by atoms with Crippen LogP contribution in [0.5, 0.6) is 17.2 Å². The molecule has 2 heterocycles. The Kier molecular flexibility index (Phi) is 5.36. The molecule has 0 amide bonds. The van der Waals surface area contributed by atoms with Crippen LogP contribution >= 0.6 is 12.2 Å². The van der Waals surface area contributed by atoms with Gasteiger partial charge in [0.05, 0.1) is 26.7 Å². The van der Waals surface area contributed by atoms with Crippen molar-refractivity contribution >= 4 is 24.4 Å². The minimum absolute atomic E-state index is 0.195. The number of carbonyl (C=O) groups is 1. The number of benzene rings is 1. The molecule has 0 bridgehead atoms. The molecular formula is C17H16N4O5S. The molecule has 2 aromatic heterocycles. The van der Waals surface area contributed by atoms with E-state index in [1.54, 1.807) is 30.5 Å². The van der Waals surface area contributed by atoms with Crippen molar-refractivity contribution in [2.24, 2.45) is 5.10 Å². The molecule has 0 unspecified atom stereocenters. The number of nitrogens with zero attached hydrogens (tertiary/aromatic N) is 3. The van der Waals surface area contributed by atoms with Crippen LogP contribution in [0.25, 0.3) is 11.6 Å². The summed E-state index contributed by atoms with van der Waals surface area (Å²) in [6.07, 6.45) is 3.07. The maximum atomic E-state index is 11.3. The molecule has 10 heteroatoms. The van der Waals surface area contributed by atoms with Gasteiger partial charge in [-0.15, -0.1) is 5.10 Å². The summed E-state index contributed by atoms with van der Waals surface area (Å²) in [6.45, 7) is 1.30. The van der Waals surface area contributed by atoms with E-state index in [4.69, 9.17) is 30.8 Å². The summed E-state index contributed by atoms with van der Waals surface area (Å²) in [5.41, 5.74) is 0.632. The van der Waals surface area contributed by atoms with Crippen molar-refractivity contribution in [3.05, 3.63) is 40.9 Å². The number of nitrogens with one attached hydrogen (secondary N) is 1. The van der Waals surface area contributed by atoms with Gasteiger partial charge in [0.2, 0.25) is 16.3 Å². The number of hydrogen-bond acceptors (Lipinski definition) is 8. The van der Waals surface area contributed by atoms with Gasteiger partial charge >= 0.3 is 5.97 Å². The number of ether oxygens (including phenoxy) is 3. The Labute approximate surface area is 159 Å². The van der Waals surface area contributed by atoms with Gasteiger partial charge in [-0.1, -0.05) is 0 Å². The summed E-state index contributed by atoms with van der Waals surface area (Å²) in [6, 6.07) is 6.79. The highest BCUT2D eigenvalue weighted by molar-refractivity contribution is 7.71. The number of esters is 1. The first kappa shape index (κ1) is 18.4. The fourth-order valence-electron chi connectivity index (χ4n) is 2.31. The molecular weight excluding hydrogens is 372 g/mol. The van der Waals surface area contributed by atoms with Crippen LogP contribution in [0.4, 0.5) is 0 Å². The van der Waals surface area contributed by atoms with Gasteiger partial charge in [-0.25, -0.2) is 5.10 Å². The Balaban J connectivity index is 2.00. The summed E-state index contributed by atoms with van der Waals surface area (Å²) in [5, 5.41) is 11.1. The highest BCUT2D eigenvalue weighted by Gasteiger charge is 2.16. The topological polar surface area (TPSA) is 104 Å². The van der Waals surface area contributed by atoms with Gasteiger partial charge < -0.3 is 18.6 Å². The fourth-order valence-corrected chi connectivity index (χ4v) is 2.49. The Hall–Kier alpha value is -3.40. The lowest BCUT2D eigenvalue weighted by molar-refractivity contribution is -0.132. The Morgan fingerprint density at radius 2 is 2.04 bits per heavy atom. The van der Waals surface area contributed by atoms with Crippen LogP contribution in [0, 0.1) is 4.77 Å². The van der Waals surface area contributed by atoms with E-state index >= 15 is 0 Å². The smallest absolute Gasteiger partial charge is 0.308 e. The summed E-state index contributed by atoms with van der Waals surface area (Å²) in [4.78, 5) is 11.3. The lowest BCUT2D eigenvalue weighted by Crippen LogP contribution is -2.05. The summed E-state index contributed by atoms with van der Waals surface area (Å²) in [5.74, 6) is 1.30. The van der Waals surface area contributed by atoms with E-state index in [-0.39, 0.29) is 5.75 Å². The SMILES string of the molecule is COc1cc(/C=N\n2c(-c3ccco3)n[nH]c2=S)cc(OC)c1OC(C)=O. The van der Waals surface area contributed by atoms with E-state index in [2.05, 4.69) is 15.3 Å². The lowest BCUT2D eigenvalue weighted by Gasteiger charge is -2.13. The van der Waals surface area contributed by atoms with Crippen molar-refractivity contribution in [1.82, 2.24) is 14.9 Å². The Bertz CT molecular complexity index is 1010. The summed E-state index contributed by atoms with van der Waals surface area (Å²) >= 11 is 5.21. The van der Waals surface area contributed by atoms with E-state index in [9.17, 15) is 4.79 Å². The number of aromatic nitrogens is 3. The molecule has 0 aliphatic carbocycles. The number of rotatable bonds is 6. The van der Waals surface area contributed by atoms with Crippen molar-refractivity contribution in [1.29, 1.82) is 0 Å². The molecule has 0 radical (unpaired) electrons. The third kappa shape index (κ3) is 3.90. The zero-order valence-corrected chi connectivity index (χ0v) is 15.6. The minimum Gasteiger partial charge on any atom is -0.493 e. The molecule has 0 fully saturated rings. The van der Waals surface area contributed by atoms with Gasteiger partial charge in [-0.05, 0) is 36.5 Å². The summed E-state index contributed by atoms with van der Waals surface area (Å²) < 4.78 is 22.8. The Morgan fingerprint density at radius 1 is 1.33 bits per heavy atom. The van der Waals surface area contributed by atoms with Crippen molar-refractivity contribution < 1.29 is 23.4 Å². The van der Waals surface area contributed by atoms with E-state index in [1.807, 2.05) is 0 Å². The van der Waals surface area contributed by atoms with Crippen LogP contribution in [0.3, 0.4) is 0 Å². The third-order valence-corrected chi connectivity index (χ3v) is 3.71.